The van der Waals surface area contributed by atoms with E-state index in [-0.39, 0.29) is 17.9 Å². The number of hydrogen-bond donors (Lipinski definition) is 2. The van der Waals surface area contributed by atoms with Crippen molar-refractivity contribution in [2.45, 2.75) is 68.8 Å². The number of aliphatic imine (C=N–C) groups is 1. The molecule has 2 fully saturated rings. The lowest BCUT2D eigenvalue weighted by atomic mass is 9.85. The van der Waals surface area contributed by atoms with Gasteiger partial charge < -0.3 is 10.6 Å². The lowest BCUT2D eigenvalue weighted by Gasteiger charge is -2.45. The number of amidine groups is 1. The van der Waals surface area contributed by atoms with Gasteiger partial charge in [0.05, 0.1) is 17.0 Å². The highest BCUT2D eigenvalue weighted by Gasteiger charge is 2.43. The molecule has 4 rings (SSSR count). The van der Waals surface area contributed by atoms with Crippen LogP contribution in [0.2, 0.25) is 0 Å². The van der Waals surface area contributed by atoms with E-state index in [0.29, 0.717) is 24.0 Å². The third-order valence-corrected chi connectivity index (χ3v) is 8.28. The van der Waals surface area contributed by atoms with Crippen molar-refractivity contribution in [2.75, 3.05) is 26.2 Å². The molecule has 2 aliphatic heterocycles. The van der Waals surface area contributed by atoms with Crippen LogP contribution in [0.3, 0.4) is 0 Å². The van der Waals surface area contributed by atoms with Crippen LogP contribution in [0.4, 0.5) is 0 Å². The second-order valence-corrected chi connectivity index (χ2v) is 10.5. The van der Waals surface area contributed by atoms with Crippen molar-refractivity contribution in [3.63, 3.8) is 0 Å². The van der Waals surface area contributed by atoms with Crippen molar-refractivity contribution >= 4 is 28.3 Å². The van der Waals surface area contributed by atoms with Gasteiger partial charge in [-0.05, 0) is 62.8 Å². The summed E-state index contributed by atoms with van der Waals surface area (Å²) < 4.78 is 28.0. The first-order valence-corrected chi connectivity index (χ1v) is 12.0. The van der Waals surface area contributed by atoms with Gasteiger partial charge in [0.1, 0.15) is 5.84 Å². The quantitative estimate of drug-likeness (QED) is 0.757. The monoisotopic (exact) mass is 440 g/mol. The van der Waals surface area contributed by atoms with E-state index in [1.54, 1.807) is 16.4 Å². The van der Waals surface area contributed by atoms with Crippen molar-refractivity contribution in [3.8, 4) is 0 Å². The van der Waals surface area contributed by atoms with Crippen LogP contribution in [0.1, 0.15) is 49.7 Å². The van der Waals surface area contributed by atoms with E-state index < -0.39 is 10.0 Å². The minimum absolute atomic E-state index is 0. The summed E-state index contributed by atoms with van der Waals surface area (Å²) in [6.45, 7) is 6.59. The maximum Gasteiger partial charge on any atom is 0.243 e. The topological polar surface area (TPSA) is 73.8 Å². The number of halogens is 1. The Morgan fingerprint density at radius 1 is 1.10 bits per heavy atom. The minimum Gasteiger partial charge on any atom is -0.370 e. The van der Waals surface area contributed by atoms with Gasteiger partial charge in [0.15, 0.2) is 0 Å². The number of sulfonamides is 1. The smallest absolute Gasteiger partial charge is 0.243 e. The molecular formula is C21H33ClN4O2S. The molecule has 1 aromatic carbocycles. The average molecular weight is 441 g/mol. The third-order valence-electron chi connectivity index (χ3n) is 6.40. The second-order valence-electron chi connectivity index (χ2n) is 8.59. The largest absolute Gasteiger partial charge is 0.370 e. The van der Waals surface area contributed by atoms with Gasteiger partial charge in [-0.1, -0.05) is 18.9 Å². The van der Waals surface area contributed by atoms with Crippen molar-refractivity contribution < 1.29 is 8.42 Å². The summed E-state index contributed by atoms with van der Waals surface area (Å²) in [6.07, 6.45) is 6.51. The van der Waals surface area contributed by atoms with Gasteiger partial charge in [0.25, 0.3) is 0 Å². The zero-order chi connectivity index (χ0) is 19.8. The fourth-order valence-electron chi connectivity index (χ4n) is 4.90. The molecule has 162 valence electrons. The first kappa shape index (κ1) is 22.5. The predicted octanol–water partition coefficient (Wildman–Crippen LogP) is 2.78. The Balaban J connectivity index is 0.00000240. The molecule has 0 amide bonds. The Morgan fingerprint density at radius 2 is 1.72 bits per heavy atom. The summed E-state index contributed by atoms with van der Waals surface area (Å²) in [4.78, 5) is 5.23. The molecule has 0 radical (unpaired) electrons. The normalized spacial score (nSPS) is 22.9. The number of nitrogens with zero attached hydrogens (tertiary/aromatic N) is 2. The first-order valence-electron chi connectivity index (χ1n) is 10.5. The summed E-state index contributed by atoms with van der Waals surface area (Å²) >= 11 is 0. The molecule has 0 bridgehead atoms. The number of piperidine rings is 1. The number of benzene rings is 1. The molecule has 0 atom stereocenters. The third kappa shape index (κ3) is 4.63. The highest BCUT2D eigenvalue weighted by molar-refractivity contribution is 7.89. The number of aryl methyl sites for hydroxylation is 2. The first-order chi connectivity index (χ1) is 13.4. The van der Waals surface area contributed by atoms with Crippen LogP contribution >= 0.6 is 12.4 Å². The van der Waals surface area contributed by atoms with Crippen LogP contribution in [0.15, 0.2) is 28.1 Å². The molecule has 2 N–H and O–H groups in total. The molecule has 1 aromatic rings. The Kier molecular flexibility index (Phi) is 6.93. The zero-order valence-electron chi connectivity index (χ0n) is 17.4. The van der Waals surface area contributed by atoms with Crippen LogP contribution in [0, 0.1) is 13.8 Å². The molecule has 8 heteroatoms. The lowest BCUT2D eigenvalue weighted by molar-refractivity contribution is 0.240. The van der Waals surface area contributed by atoms with Gasteiger partial charge in [0, 0.05) is 25.7 Å². The van der Waals surface area contributed by atoms with Crippen molar-refractivity contribution in [3.05, 3.63) is 29.3 Å². The Bertz CT molecular complexity index is 837. The highest BCUT2D eigenvalue weighted by Crippen LogP contribution is 2.30. The molecule has 1 saturated carbocycles. The second kappa shape index (κ2) is 8.92. The summed E-state index contributed by atoms with van der Waals surface area (Å²) in [5.41, 5.74) is 1.77. The van der Waals surface area contributed by atoms with Crippen LogP contribution in [-0.2, 0) is 10.0 Å². The van der Waals surface area contributed by atoms with Gasteiger partial charge in [-0.3, -0.25) is 4.99 Å². The van der Waals surface area contributed by atoms with Gasteiger partial charge in [0.2, 0.25) is 10.0 Å². The molecule has 3 aliphatic rings. The summed E-state index contributed by atoms with van der Waals surface area (Å²) in [6, 6.07) is 6.08. The summed E-state index contributed by atoms with van der Waals surface area (Å²) in [5.74, 6) is 1.06. The van der Waals surface area contributed by atoms with Crippen LogP contribution < -0.4 is 10.6 Å². The maximum atomic E-state index is 13.2. The van der Waals surface area contributed by atoms with E-state index >= 15 is 0 Å². The van der Waals surface area contributed by atoms with Gasteiger partial charge in [-0.25, -0.2) is 8.42 Å². The standard InChI is InChI=1S/C21H32N4O2S.ClH/c1-16-13-17(2)15-19(14-16)28(26,27)25-11-7-21(8-12-25)20(22-9-10-23-21)24-18-5-3-4-6-18;/h13-15,18,23H,3-12H2,1-2H3,(H,22,24);1H. The molecule has 6 nitrogen and oxygen atoms in total. The SMILES string of the molecule is Cc1cc(C)cc(S(=O)(=O)N2CCC3(CC2)NCCN=C3NC2CCCC2)c1.Cl. The van der Waals surface area contributed by atoms with E-state index in [9.17, 15) is 8.42 Å². The fourth-order valence-corrected chi connectivity index (χ4v) is 6.53. The van der Waals surface area contributed by atoms with Crippen LogP contribution in [0.25, 0.3) is 0 Å². The van der Waals surface area contributed by atoms with Crippen molar-refractivity contribution in [1.82, 2.24) is 14.9 Å². The predicted molar refractivity (Wildman–Crippen MR) is 120 cm³/mol. The van der Waals surface area contributed by atoms with E-state index in [2.05, 4.69) is 10.6 Å². The van der Waals surface area contributed by atoms with Crippen LogP contribution in [0.5, 0.6) is 0 Å². The molecule has 2 heterocycles. The minimum atomic E-state index is -3.46. The van der Waals surface area contributed by atoms with Gasteiger partial charge in [-0.15, -0.1) is 12.4 Å². The van der Waals surface area contributed by atoms with Gasteiger partial charge in [-0.2, -0.15) is 4.31 Å². The van der Waals surface area contributed by atoms with E-state index in [1.165, 1.54) is 25.7 Å². The van der Waals surface area contributed by atoms with E-state index in [0.717, 1.165) is 42.9 Å². The van der Waals surface area contributed by atoms with Gasteiger partial charge >= 0.3 is 0 Å². The molecule has 1 spiro atoms. The van der Waals surface area contributed by atoms with Crippen molar-refractivity contribution in [2.24, 2.45) is 4.99 Å². The highest BCUT2D eigenvalue weighted by atomic mass is 35.5. The lowest BCUT2D eigenvalue weighted by Crippen LogP contribution is -2.65. The Labute approximate surface area is 181 Å². The average Bonchev–Trinajstić information content (AvgIpc) is 3.17. The molecule has 0 aromatic heterocycles. The number of rotatable bonds is 3. The number of hydrogen-bond acceptors (Lipinski definition) is 5. The maximum absolute atomic E-state index is 13.2. The van der Waals surface area contributed by atoms with E-state index in [4.69, 9.17) is 4.99 Å². The fraction of sp³-hybridized carbons (Fsp3) is 0.667. The Hall–Kier alpha value is -1.15. The summed E-state index contributed by atoms with van der Waals surface area (Å²) in [5, 5.41) is 7.37. The molecule has 29 heavy (non-hydrogen) atoms. The zero-order valence-corrected chi connectivity index (χ0v) is 19.0. The summed E-state index contributed by atoms with van der Waals surface area (Å²) in [7, 11) is -3.46. The number of nitrogens with one attached hydrogen (secondary N) is 2. The molecule has 1 saturated heterocycles. The molecule has 0 unspecified atom stereocenters. The van der Waals surface area contributed by atoms with E-state index in [1.807, 2.05) is 19.9 Å². The van der Waals surface area contributed by atoms with Crippen molar-refractivity contribution in [1.29, 1.82) is 0 Å². The Morgan fingerprint density at radius 3 is 2.34 bits per heavy atom. The van der Waals surface area contributed by atoms with Crippen LogP contribution in [-0.4, -0.2) is 56.3 Å². The molecular weight excluding hydrogens is 408 g/mol. The molecule has 1 aliphatic carbocycles.